The second-order valence-corrected chi connectivity index (χ2v) is 8.11. The van der Waals surface area contributed by atoms with Crippen LogP contribution in [-0.2, 0) is 0 Å². The maximum Gasteiger partial charge on any atom is 0.297 e. The van der Waals surface area contributed by atoms with Gasteiger partial charge >= 0.3 is 0 Å². The molecular formula is C24H18N2O4S. The Morgan fingerprint density at radius 2 is 2.03 bits per heavy atom. The molecule has 154 valence electrons. The summed E-state index contributed by atoms with van der Waals surface area (Å²) in [6.07, 6.45) is 3.30. The van der Waals surface area contributed by atoms with Crippen LogP contribution in [0.4, 0.5) is 5.13 Å². The van der Waals surface area contributed by atoms with Crippen molar-refractivity contribution in [3.8, 4) is 5.75 Å². The highest BCUT2D eigenvalue weighted by Gasteiger charge is 2.44. The molecule has 0 bridgehead atoms. The van der Waals surface area contributed by atoms with Crippen molar-refractivity contribution in [2.75, 3.05) is 11.5 Å². The molecule has 0 unspecified atom stereocenters. The van der Waals surface area contributed by atoms with Crippen molar-refractivity contribution < 1.29 is 13.9 Å². The lowest BCUT2D eigenvalue weighted by atomic mass is 9.98. The summed E-state index contributed by atoms with van der Waals surface area (Å²) in [6.45, 7) is 5.96. The molecule has 2 aromatic heterocycles. The van der Waals surface area contributed by atoms with E-state index < -0.39 is 6.04 Å². The molecule has 0 N–H and O–H groups in total. The van der Waals surface area contributed by atoms with E-state index in [2.05, 4.69) is 11.6 Å². The number of carbonyl (C=O) groups excluding carboxylic acids is 1. The zero-order valence-corrected chi connectivity index (χ0v) is 17.5. The molecule has 4 aromatic rings. The van der Waals surface area contributed by atoms with Crippen molar-refractivity contribution in [2.24, 2.45) is 0 Å². The summed E-state index contributed by atoms with van der Waals surface area (Å²) in [4.78, 5) is 32.8. The fourth-order valence-electron chi connectivity index (χ4n) is 3.84. The Bertz CT molecular complexity index is 1360. The van der Waals surface area contributed by atoms with Crippen molar-refractivity contribution in [1.82, 2.24) is 4.98 Å². The van der Waals surface area contributed by atoms with Gasteiger partial charge in [0.15, 0.2) is 10.6 Å². The van der Waals surface area contributed by atoms with Crippen LogP contribution in [0.5, 0.6) is 5.75 Å². The van der Waals surface area contributed by atoms with E-state index in [1.54, 1.807) is 29.8 Å². The quantitative estimate of drug-likeness (QED) is 0.422. The molecule has 0 aliphatic carbocycles. The minimum atomic E-state index is -0.636. The van der Waals surface area contributed by atoms with Crippen LogP contribution >= 0.6 is 11.3 Å². The lowest BCUT2D eigenvalue weighted by Gasteiger charge is -2.22. The van der Waals surface area contributed by atoms with Crippen LogP contribution in [0.2, 0.25) is 0 Å². The number of amides is 1. The molecule has 3 heterocycles. The molecule has 0 saturated heterocycles. The number of hydrogen-bond acceptors (Lipinski definition) is 6. The van der Waals surface area contributed by atoms with Gasteiger partial charge < -0.3 is 9.15 Å². The maximum absolute atomic E-state index is 13.5. The van der Waals surface area contributed by atoms with Crippen molar-refractivity contribution >= 4 is 33.3 Å². The maximum atomic E-state index is 13.5. The highest BCUT2D eigenvalue weighted by Crippen LogP contribution is 2.42. The summed E-state index contributed by atoms with van der Waals surface area (Å²) < 4.78 is 11.5. The number of fused-ring (bicyclic) bond motifs is 2. The number of ether oxygens (including phenoxy) is 1. The van der Waals surface area contributed by atoms with Crippen molar-refractivity contribution in [2.45, 2.75) is 13.0 Å². The highest BCUT2D eigenvalue weighted by atomic mass is 32.1. The summed E-state index contributed by atoms with van der Waals surface area (Å²) in [5.41, 5.74) is 2.24. The molecule has 1 aliphatic rings. The minimum Gasteiger partial charge on any atom is -0.490 e. The number of nitrogens with zero attached hydrogens (tertiary/aromatic N) is 2. The van der Waals surface area contributed by atoms with E-state index in [4.69, 9.17) is 9.15 Å². The average molecular weight is 430 g/mol. The molecule has 1 amide bonds. The number of rotatable bonds is 5. The second-order valence-electron chi connectivity index (χ2n) is 7.23. The van der Waals surface area contributed by atoms with Gasteiger partial charge in [-0.25, -0.2) is 4.98 Å². The van der Waals surface area contributed by atoms with Crippen LogP contribution in [0.3, 0.4) is 0 Å². The molecule has 0 saturated carbocycles. The number of hydrogen-bond donors (Lipinski definition) is 0. The predicted molar refractivity (Wildman–Crippen MR) is 120 cm³/mol. The standard InChI is InChI=1S/C24H18N2O4S/c1-3-11-29-16-7-5-15(6-8-16)20-19-21(27)17-13-14(2)4-9-18(17)30-22(19)23(28)26(20)24-25-10-12-31-24/h3-10,12-13,20H,1,11H2,2H3/t20-/m1/s1. The highest BCUT2D eigenvalue weighted by molar-refractivity contribution is 7.13. The van der Waals surface area contributed by atoms with Gasteiger partial charge in [0.25, 0.3) is 5.91 Å². The van der Waals surface area contributed by atoms with Crippen LogP contribution in [-0.4, -0.2) is 17.5 Å². The Hall–Kier alpha value is -3.71. The monoisotopic (exact) mass is 430 g/mol. The Morgan fingerprint density at radius 1 is 1.23 bits per heavy atom. The summed E-state index contributed by atoms with van der Waals surface area (Å²) in [5, 5.41) is 2.76. The van der Waals surface area contributed by atoms with E-state index in [9.17, 15) is 9.59 Å². The SMILES string of the molecule is C=CCOc1ccc([C@@H]2c3c(oc4ccc(C)cc4c3=O)C(=O)N2c2nccs2)cc1. The topological polar surface area (TPSA) is 72.6 Å². The molecule has 6 nitrogen and oxygen atoms in total. The summed E-state index contributed by atoms with van der Waals surface area (Å²) >= 11 is 1.33. The third kappa shape index (κ3) is 3.14. The number of carbonyl (C=O) groups is 1. The van der Waals surface area contributed by atoms with Gasteiger partial charge in [-0.1, -0.05) is 36.4 Å². The first-order chi connectivity index (χ1) is 15.1. The fourth-order valence-corrected chi connectivity index (χ4v) is 4.50. The first-order valence-electron chi connectivity index (χ1n) is 9.72. The third-order valence-corrected chi connectivity index (χ3v) is 5.99. The van der Waals surface area contributed by atoms with Crippen molar-refractivity contribution in [1.29, 1.82) is 0 Å². The molecule has 0 spiro atoms. The Balaban J connectivity index is 1.72. The van der Waals surface area contributed by atoms with Gasteiger partial charge in [-0.3, -0.25) is 14.5 Å². The van der Waals surface area contributed by atoms with Crippen molar-refractivity contribution in [3.63, 3.8) is 0 Å². The van der Waals surface area contributed by atoms with Gasteiger partial charge in [-0.05, 0) is 36.8 Å². The zero-order valence-electron chi connectivity index (χ0n) is 16.7. The summed E-state index contributed by atoms with van der Waals surface area (Å²) in [6, 6.07) is 12.1. The molecule has 0 fully saturated rings. The predicted octanol–water partition coefficient (Wildman–Crippen LogP) is 4.87. The van der Waals surface area contributed by atoms with E-state index in [0.717, 1.165) is 11.1 Å². The molecular weight excluding hydrogens is 412 g/mol. The number of thiazole rings is 1. The van der Waals surface area contributed by atoms with E-state index >= 15 is 0 Å². The Morgan fingerprint density at radius 3 is 2.74 bits per heavy atom. The second kappa shape index (κ2) is 7.52. The fraction of sp³-hybridized carbons (Fsp3) is 0.125. The number of aromatic nitrogens is 1. The molecule has 31 heavy (non-hydrogen) atoms. The molecule has 1 atom stereocenters. The molecule has 7 heteroatoms. The lowest BCUT2D eigenvalue weighted by molar-refractivity contribution is 0.0971. The van der Waals surface area contributed by atoms with Crippen LogP contribution in [0.15, 0.2) is 75.9 Å². The largest absolute Gasteiger partial charge is 0.490 e. The molecule has 2 aromatic carbocycles. The van der Waals surface area contributed by atoms with Gasteiger partial charge in [0.1, 0.15) is 17.9 Å². The van der Waals surface area contributed by atoms with E-state index in [0.29, 0.717) is 34.0 Å². The van der Waals surface area contributed by atoms with Gasteiger partial charge in [-0.2, -0.15) is 0 Å². The minimum absolute atomic E-state index is 0.0635. The average Bonchev–Trinajstić information content (AvgIpc) is 3.40. The lowest BCUT2D eigenvalue weighted by Crippen LogP contribution is -2.29. The summed E-state index contributed by atoms with van der Waals surface area (Å²) in [5.74, 6) is 0.366. The van der Waals surface area contributed by atoms with Gasteiger partial charge in [0, 0.05) is 11.6 Å². The zero-order chi connectivity index (χ0) is 21.5. The van der Waals surface area contributed by atoms with Crippen molar-refractivity contribution in [3.05, 3.63) is 99.4 Å². The van der Waals surface area contributed by atoms with Gasteiger partial charge in [0.05, 0.1) is 17.0 Å². The summed E-state index contributed by atoms with van der Waals surface area (Å²) in [7, 11) is 0. The first kappa shape index (κ1) is 19.3. The third-order valence-electron chi connectivity index (χ3n) is 5.21. The Labute approximate surface area is 182 Å². The van der Waals surface area contributed by atoms with Crippen LogP contribution in [0, 0.1) is 6.92 Å². The van der Waals surface area contributed by atoms with Crippen LogP contribution < -0.4 is 15.1 Å². The smallest absolute Gasteiger partial charge is 0.297 e. The van der Waals surface area contributed by atoms with Crippen LogP contribution in [0.1, 0.15) is 33.3 Å². The van der Waals surface area contributed by atoms with E-state index in [-0.39, 0.29) is 17.1 Å². The molecule has 5 rings (SSSR count). The van der Waals surface area contributed by atoms with E-state index in [1.807, 2.05) is 37.3 Å². The van der Waals surface area contributed by atoms with Crippen LogP contribution in [0.25, 0.3) is 11.0 Å². The molecule has 1 aliphatic heterocycles. The van der Waals surface area contributed by atoms with E-state index in [1.165, 1.54) is 16.2 Å². The van der Waals surface area contributed by atoms with Gasteiger partial charge in [0.2, 0.25) is 5.76 Å². The number of anilines is 1. The first-order valence-corrected chi connectivity index (χ1v) is 10.6. The number of benzene rings is 2. The normalized spacial score (nSPS) is 15.3. The Kier molecular flexibility index (Phi) is 4.67. The van der Waals surface area contributed by atoms with Gasteiger partial charge in [-0.15, -0.1) is 11.3 Å². The molecule has 0 radical (unpaired) electrons. The number of aryl methyl sites for hydroxylation is 1.